The lowest BCUT2D eigenvalue weighted by molar-refractivity contribution is -0.151. The average molecular weight is 468 g/mol. The van der Waals surface area contributed by atoms with E-state index in [2.05, 4.69) is 5.32 Å². The van der Waals surface area contributed by atoms with Gasteiger partial charge in [0, 0.05) is 32.6 Å². The molecule has 1 saturated heterocycles. The molecular formula is C26H33N3O5. The van der Waals surface area contributed by atoms with E-state index in [-0.39, 0.29) is 36.8 Å². The molecule has 8 heteroatoms. The number of para-hydroxylation sites is 2. The number of benzene rings is 2. The smallest absolute Gasteiger partial charge is 0.322 e. The molecule has 1 fully saturated rings. The van der Waals surface area contributed by atoms with Crippen LogP contribution in [0, 0.1) is 5.92 Å². The third-order valence-electron chi connectivity index (χ3n) is 5.92. The fraction of sp³-hybridized carbons (Fsp3) is 0.423. The maximum Gasteiger partial charge on any atom is 0.322 e. The van der Waals surface area contributed by atoms with Crippen molar-refractivity contribution in [3.05, 3.63) is 60.2 Å². The topological polar surface area (TPSA) is 88.2 Å². The molecule has 0 spiro atoms. The van der Waals surface area contributed by atoms with Crippen molar-refractivity contribution in [3.8, 4) is 5.75 Å². The number of methoxy groups -OCH3 is 1. The molecular weight excluding hydrogens is 434 g/mol. The molecule has 3 rings (SSSR count). The third kappa shape index (κ3) is 6.97. The van der Waals surface area contributed by atoms with Gasteiger partial charge in [-0.25, -0.2) is 4.79 Å². The number of nitrogens with one attached hydrogen (secondary N) is 1. The van der Waals surface area contributed by atoms with Gasteiger partial charge in [0.15, 0.2) is 0 Å². The van der Waals surface area contributed by atoms with Gasteiger partial charge in [-0.1, -0.05) is 42.5 Å². The van der Waals surface area contributed by atoms with Crippen LogP contribution >= 0.6 is 0 Å². The van der Waals surface area contributed by atoms with Crippen molar-refractivity contribution in [2.24, 2.45) is 5.92 Å². The molecule has 3 amide bonds. The first-order valence-electron chi connectivity index (χ1n) is 11.7. The number of nitrogens with zero attached hydrogens (tertiary/aromatic N) is 2. The molecule has 0 radical (unpaired) electrons. The minimum atomic E-state index is -0.304. The molecule has 0 saturated carbocycles. The summed E-state index contributed by atoms with van der Waals surface area (Å²) in [4.78, 5) is 41.4. The van der Waals surface area contributed by atoms with Gasteiger partial charge in [0.1, 0.15) is 5.75 Å². The van der Waals surface area contributed by atoms with Crippen molar-refractivity contribution in [2.75, 3.05) is 38.7 Å². The quantitative estimate of drug-likeness (QED) is 0.565. The summed E-state index contributed by atoms with van der Waals surface area (Å²) in [7, 11) is 1.55. The van der Waals surface area contributed by atoms with Gasteiger partial charge in [0.25, 0.3) is 0 Å². The third-order valence-corrected chi connectivity index (χ3v) is 5.92. The Morgan fingerprint density at radius 1 is 1.03 bits per heavy atom. The molecule has 1 aliphatic heterocycles. The minimum Gasteiger partial charge on any atom is -0.495 e. The first kappa shape index (κ1) is 25.1. The van der Waals surface area contributed by atoms with Gasteiger partial charge in [-0.15, -0.1) is 0 Å². The molecule has 2 aromatic rings. The van der Waals surface area contributed by atoms with Crippen molar-refractivity contribution in [2.45, 2.75) is 32.7 Å². The van der Waals surface area contributed by atoms with Crippen LogP contribution in [0.1, 0.15) is 31.7 Å². The van der Waals surface area contributed by atoms with Crippen LogP contribution < -0.4 is 10.1 Å². The average Bonchev–Trinajstić information content (AvgIpc) is 2.87. The highest BCUT2D eigenvalue weighted by molar-refractivity contribution is 5.91. The van der Waals surface area contributed by atoms with E-state index in [0.29, 0.717) is 50.5 Å². The van der Waals surface area contributed by atoms with Gasteiger partial charge >= 0.3 is 12.0 Å². The highest BCUT2D eigenvalue weighted by atomic mass is 16.5. The Balaban J connectivity index is 1.61. The van der Waals surface area contributed by atoms with Crippen LogP contribution in [-0.4, -0.2) is 61.1 Å². The monoisotopic (exact) mass is 467 g/mol. The number of carbonyl (C=O) groups excluding carboxylic acids is 3. The second kappa shape index (κ2) is 12.6. The number of urea groups is 1. The molecule has 0 aliphatic carbocycles. The molecule has 1 heterocycles. The van der Waals surface area contributed by atoms with Crippen molar-refractivity contribution < 1.29 is 23.9 Å². The lowest BCUT2D eigenvalue weighted by Crippen LogP contribution is -2.43. The Bertz CT molecular complexity index is 958. The molecule has 2 aromatic carbocycles. The van der Waals surface area contributed by atoms with Crippen LogP contribution in [-0.2, 0) is 20.9 Å². The first-order valence-corrected chi connectivity index (χ1v) is 11.7. The first-order chi connectivity index (χ1) is 16.5. The Kier molecular flexibility index (Phi) is 9.31. The lowest BCUT2D eigenvalue weighted by Gasteiger charge is -2.31. The van der Waals surface area contributed by atoms with Crippen LogP contribution in [0.3, 0.4) is 0 Å². The van der Waals surface area contributed by atoms with Gasteiger partial charge in [0.05, 0.1) is 25.3 Å². The molecule has 1 N–H and O–H groups in total. The Morgan fingerprint density at radius 2 is 1.71 bits per heavy atom. The van der Waals surface area contributed by atoms with Crippen molar-refractivity contribution in [1.82, 2.24) is 9.80 Å². The zero-order chi connectivity index (χ0) is 24.3. The minimum absolute atomic E-state index is 0.0227. The number of piperidine rings is 1. The highest BCUT2D eigenvalue weighted by Crippen LogP contribution is 2.24. The zero-order valence-corrected chi connectivity index (χ0v) is 19.9. The number of rotatable bonds is 9. The molecule has 34 heavy (non-hydrogen) atoms. The van der Waals surface area contributed by atoms with E-state index in [9.17, 15) is 14.4 Å². The fourth-order valence-corrected chi connectivity index (χ4v) is 4.01. The Labute approximate surface area is 200 Å². The number of amides is 3. The van der Waals surface area contributed by atoms with Crippen molar-refractivity contribution in [3.63, 3.8) is 0 Å². The SMILES string of the molecule is CCOC(=O)C1CCN(C(=O)CCN(Cc2ccccc2)C(=O)Nc2ccccc2OC)CC1. The van der Waals surface area contributed by atoms with E-state index in [1.807, 2.05) is 42.5 Å². The van der Waals surface area contributed by atoms with E-state index in [1.165, 1.54) is 0 Å². The highest BCUT2D eigenvalue weighted by Gasteiger charge is 2.28. The summed E-state index contributed by atoms with van der Waals surface area (Å²) in [5.74, 6) is 0.211. The second-order valence-corrected chi connectivity index (χ2v) is 8.19. The summed E-state index contributed by atoms with van der Waals surface area (Å²) >= 11 is 0. The maximum atomic E-state index is 13.1. The molecule has 0 aromatic heterocycles. The number of ether oxygens (including phenoxy) is 2. The summed E-state index contributed by atoms with van der Waals surface area (Å²) in [6.45, 7) is 3.85. The second-order valence-electron chi connectivity index (χ2n) is 8.19. The number of hydrogen-bond donors (Lipinski definition) is 1. The number of hydrogen-bond acceptors (Lipinski definition) is 5. The number of likely N-dealkylation sites (tertiary alicyclic amines) is 1. The van der Waals surface area contributed by atoms with Gasteiger partial charge in [0.2, 0.25) is 5.91 Å². The molecule has 0 bridgehead atoms. The van der Waals surface area contributed by atoms with E-state index in [0.717, 1.165) is 5.56 Å². The van der Waals surface area contributed by atoms with Crippen molar-refractivity contribution in [1.29, 1.82) is 0 Å². The molecule has 0 unspecified atom stereocenters. The number of anilines is 1. The molecule has 182 valence electrons. The Morgan fingerprint density at radius 3 is 2.38 bits per heavy atom. The normalized spacial score (nSPS) is 13.8. The molecule has 8 nitrogen and oxygen atoms in total. The maximum absolute atomic E-state index is 13.1. The molecule has 1 aliphatic rings. The van der Waals surface area contributed by atoms with Crippen molar-refractivity contribution >= 4 is 23.6 Å². The zero-order valence-electron chi connectivity index (χ0n) is 19.9. The summed E-state index contributed by atoms with van der Waals surface area (Å²) in [5, 5.41) is 2.90. The summed E-state index contributed by atoms with van der Waals surface area (Å²) in [6, 6.07) is 16.6. The van der Waals surface area contributed by atoms with Gasteiger partial charge in [-0.05, 0) is 37.5 Å². The van der Waals surface area contributed by atoms with Crippen LogP contribution in [0.2, 0.25) is 0 Å². The fourth-order valence-electron chi connectivity index (χ4n) is 4.01. The van der Waals surface area contributed by atoms with Crippen LogP contribution in [0.5, 0.6) is 5.75 Å². The number of esters is 1. The largest absolute Gasteiger partial charge is 0.495 e. The van der Waals surface area contributed by atoms with Crippen LogP contribution in [0.15, 0.2) is 54.6 Å². The van der Waals surface area contributed by atoms with E-state index in [1.54, 1.807) is 36.0 Å². The molecule has 0 atom stereocenters. The summed E-state index contributed by atoms with van der Waals surface area (Å²) in [5.41, 5.74) is 1.54. The van der Waals surface area contributed by atoms with E-state index in [4.69, 9.17) is 9.47 Å². The van der Waals surface area contributed by atoms with Crippen LogP contribution in [0.4, 0.5) is 10.5 Å². The van der Waals surface area contributed by atoms with Gasteiger partial charge < -0.3 is 24.6 Å². The number of carbonyl (C=O) groups is 3. The Hall–Kier alpha value is -3.55. The standard InChI is InChI=1S/C26H33N3O5/c1-3-34-25(31)21-13-16-28(17-14-21)24(30)15-18-29(19-20-9-5-4-6-10-20)26(32)27-22-11-7-8-12-23(22)33-2/h4-12,21H,3,13-19H2,1-2H3,(H,27,32). The predicted octanol–water partition coefficient (Wildman–Crippen LogP) is 3.92. The van der Waals surface area contributed by atoms with Gasteiger partial charge in [-0.2, -0.15) is 0 Å². The van der Waals surface area contributed by atoms with E-state index >= 15 is 0 Å². The predicted molar refractivity (Wildman–Crippen MR) is 129 cm³/mol. The summed E-state index contributed by atoms with van der Waals surface area (Å²) in [6.07, 6.45) is 1.41. The van der Waals surface area contributed by atoms with Gasteiger partial charge in [-0.3, -0.25) is 9.59 Å². The lowest BCUT2D eigenvalue weighted by atomic mass is 9.97. The summed E-state index contributed by atoms with van der Waals surface area (Å²) < 4.78 is 10.4. The van der Waals surface area contributed by atoms with Crippen LogP contribution in [0.25, 0.3) is 0 Å². The van der Waals surface area contributed by atoms with E-state index < -0.39 is 0 Å².